The van der Waals surface area contributed by atoms with Crippen molar-refractivity contribution in [2.45, 2.75) is 31.7 Å². The molecule has 0 radical (unpaired) electrons. The van der Waals surface area contributed by atoms with E-state index < -0.39 is 0 Å². The fraction of sp³-hybridized carbons (Fsp3) is 0.240. The summed E-state index contributed by atoms with van der Waals surface area (Å²) < 4.78 is 5.45. The van der Waals surface area contributed by atoms with E-state index in [9.17, 15) is 0 Å². The Morgan fingerprint density at radius 3 is 2.80 bits per heavy atom. The number of rotatable bonds is 4. The number of hydrogen-bond donors (Lipinski definition) is 1. The fourth-order valence-corrected chi connectivity index (χ4v) is 4.20. The summed E-state index contributed by atoms with van der Waals surface area (Å²) in [6, 6.07) is 18.8. The molecule has 0 saturated carbocycles. The van der Waals surface area contributed by atoms with E-state index in [-0.39, 0.29) is 0 Å². The Balaban J connectivity index is 1.51. The summed E-state index contributed by atoms with van der Waals surface area (Å²) in [4.78, 5) is 13.9. The molecule has 0 spiro atoms. The lowest BCUT2D eigenvalue weighted by Crippen LogP contribution is -2.22. The molecular weight excluding hydrogens is 372 g/mol. The molecule has 30 heavy (non-hydrogen) atoms. The van der Waals surface area contributed by atoms with Gasteiger partial charge in [-0.3, -0.25) is 4.98 Å². The maximum absolute atomic E-state index is 5.45. The first-order valence-electron chi connectivity index (χ1n) is 10.4. The van der Waals surface area contributed by atoms with Gasteiger partial charge in [-0.15, -0.1) is 0 Å². The molecule has 0 aliphatic heterocycles. The molecule has 2 aromatic heterocycles. The standard InChI is InChI=1S/C25H24N4O/c1-30-21-12-11-17-6-4-8-20(14-19(17)15-21)27-25-22-9-2-3-10-23(22)28-24(29-25)18-7-5-13-26-16-18/h2-3,5,7,9-13,15-16,20H,4,6,8,14H2,1H3,(H,27,28,29). The van der Waals surface area contributed by atoms with E-state index in [1.165, 1.54) is 11.1 Å². The van der Waals surface area contributed by atoms with E-state index in [1.807, 2.05) is 36.5 Å². The smallest absolute Gasteiger partial charge is 0.163 e. The van der Waals surface area contributed by atoms with Crippen LogP contribution >= 0.6 is 0 Å². The Kier molecular flexibility index (Phi) is 5.01. The molecule has 4 aromatic rings. The van der Waals surface area contributed by atoms with Gasteiger partial charge < -0.3 is 10.1 Å². The Hall–Kier alpha value is -3.47. The fourth-order valence-electron chi connectivity index (χ4n) is 4.20. The second kappa shape index (κ2) is 8.11. The summed E-state index contributed by atoms with van der Waals surface area (Å²) in [6.45, 7) is 0. The highest BCUT2D eigenvalue weighted by Crippen LogP contribution is 2.29. The van der Waals surface area contributed by atoms with Crippen LogP contribution in [0.15, 0.2) is 67.0 Å². The minimum Gasteiger partial charge on any atom is -0.497 e. The summed E-state index contributed by atoms with van der Waals surface area (Å²) >= 11 is 0. The largest absolute Gasteiger partial charge is 0.497 e. The maximum atomic E-state index is 5.45. The van der Waals surface area contributed by atoms with Gasteiger partial charge in [0, 0.05) is 29.4 Å². The summed E-state index contributed by atoms with van der Waals surface area (Å²) in [5, 5.41) is 4.78. The molecule has 1 N–H and O–H groups in total. The zero-order chi connectivity index (χ0) is 20.3. The van der Waals surface area contributed by atoms with Crippen LogP contribution in [0.4, 0.5) is 5.82 Å². The molecular formula is C25H24N4O. The monoisotopic (exact) mass is 396 g/mol. The van der Waals surface area contributed by atoms with Crippen LogP contribution in [-0.2, 0) is 12.8 Å². The normalized spacial score (nSPS) is 16.0. The number of hydrogen-bond acceptors (Lipinski definition) is 5. The van der Waals surface area contributed by atoms with Crippen molar-refractivity contribution in [2.75, 3.05) is 12.4 Å². The van der Waals surface area contributed by atoms with Crippen molar-refractivity contribution in [3.8, 4) is 17.1 Å². The van der Waals surface area contributed by atoms with Crippen LogP contribution in [0.25, 0.3) is 22.3 Å². The van der Waals surface area contributed by atoms with Gasteiger partial charge in [0.2, 0.25) is 0 Å². The van der Waals surface area contributed by atoms with Gasteiger partial charge in [-0.2, -0.15) is 0 Å². The van der Waals surface area contributed by atoms with Crippen LogP contribution < -0.4 is 10.1 Å². The lowest BCUT2D eigenvalue weighted by Gasteiger charge is -2.19. The zero-order valence-corrected chi connectivity index (χ0v) is 17.0. The summed E-state index contributed by atoms with van der Waals surface area (Å²) in [6.07, 6.45) is 7.87. The number of anilines is 1. The lowest BCUT2D eigenvalue weighted by atomic mass is 10.0. The average molecular weight is 396 g/mol. The highest BCUT2D eigenvalue weighted by Gasteiger charge is 2.19. The second-order valence-electron chi connectivity index (χ2n) is 7.73. The number of fused-ring (bicyclic) bond motifs is 2. The molecule has 0 fully saturated rings. The first-order chi connectivity index (χ1) is 14.8. The summed E-state index contributed by atoms with van der Waals surface area (Å²) in [5.74, 6) is 2.50. The third-order valence-corrected chi connectivity index (χ3v) is 5.74. The van der Waals surface area contributed by atoms with Gasteiger partial charge in [-0.05, 0) is 73.2 Å². The van der Waals surface area contributed by atoms with Gasteiger partial charge in [0.25, 0.3) is 0 Å². The van der Waals surface area contributed by atoms with Crippen LogP contribution in [0.1, 0.15) is 24.0 Å². The second-order valence-corrected chi connectivity index (χ2v) is 7.73. The number of nitrogens with one attached hydrogen (secondary N) is 1. The van der Waals surface area contributed by atoms with E-state index in [1.54, 1.807) is 13.3 Å². The Labute approximate surface area is 176 Å². The van der Waals surface area contributed by atoms with Crippen molar-refractivity contribution in [2.24, 2.45) is 0 Å². The van der Waals surface area contributed by atoms with E-state index in [0.717, 1.165) is 53.7 Å². The van der Waals surface area contributed by atoms with E-state index >= 15 is 0 Å². The lowest BCUT2D eigenvalue weighted by molar-refractivity contribution is 0.414. The Bertz CT molecular complexity index is 1180. The highest BCUT2D eigenvalue weighted by molar-refractivity contribution is 5.90. The third-order valence-electron chi connectivity index (χ3n) is 5.74. The number of benzene rings is 2. The van der Waals surface area contributed by atoms with Crippen molar-refractivity contribution >= 4 is 16.7 Å². The molecule has 1 atom stereocenters. The zero-order valence-electron chi connectivity index (χ0n) is 17.0. The Morgan fingerprint density at radius 1 is 1.00 bits per heavy atom. The number of ether oxygens (including phenoxy) is 1. The quantitative estimate of drug-likeness (QED) is 0.489. The van der Waals surface area contributed by atoms with Gasteiger partial charge in [-0.1, -0.05) is 18.2 Å². The van der Waals surface area contributed by atoms with Gasteiger partial charge >= 0.3 is 0 Å². The minimum absolute atomic E-state index is 0.304. The van der Waals surface area contributed by atoms with Crippen LogP contribution in [-0.4, -0.2) is 28.1 Å². The van der Waals surface area contributed by atoms with Crippen LogP contribution in [0.2, 0.25) is 0 Å². The van der Waals surface area contributed by atoms with E-state index in [2.05, 4.69) is 34.6 Å². The number of methoxy groups -OCH3 is 1. The van der Waals surface area contributed by atoms with Gasteiger partial charge in [0.05, 0.1) is 12.6 Å². The molecule has 5 rings (SSSR count). The van der Waals surface area contributed by atoms with Crippen molar-refractivity contribution in [3.63, 3.8) is 0 Å². The summed E-state index contributed by atoms with van der Waals surface area (Å²) in [5.41, 5.74) is 4.63. The van der Waals surface area contributed by atoms with Crippen molar-refractivity contribution in [1.29, 1.82) is 0 Å². The molecule has 1 aliphatic rings. The van der Waals surface area contributed by atoms with Crippen LogP contribution in [0.5, 0.6) is 5.75 Å². The number of aromatic nitrogens is 3. The van der Waals surface area contributed by atoms with E-state index in [4.69, 9.17) is 14.7 Å². The highest BCUT2D eigenvalue weighted by atomic mass is 16.5. The minimum atomic E-state index is 0.304. The van der Waals surface area contributed by atoms with Gasteiger partial charge in [0.1, 0.15) is 11.6 Å². The molecule has 5 heteroatoms. The number of para-hydroxylation sites is 1. The van der Waals surface area contributed by atoms with Crippen molar-refractivity contribution < 1.29 is 4.74 Å². The van der Waals surface area contributed by atoms with Gasteiger partial charge in [-0.25, -0.2) is 9.97 Å². The molecule has 5 nitrogen and oxygen atoms in total. The molecule has 150 valence electrons. The third kappa shape index (κ3) is 3.71. The molecule has 0 saturated heterocycles. The molecule has 0 amide bonds. The number of pyridine rings is 1. The average Bonchev–Trinajstić information content (AvgIpc) is 3.00. The molecule has 1 aliphatic carbocycles. The van der Waals surface area contributed by atoms with Gasteiger partial charge in [0.15, 0.2) is 5.82 Å². The molecule has 1 unspecified atom stereocenters. The van der Waals surface area contributed by atoms with E-state index in [0.29, 0.717) is 11.9 Å². The van der Waals surface area contributed by atoms with Crippen molar-refractivity contribution in [3.05, 3.63) is 78.1 Å². The number of nitrogens with zero attached hydrogens (tertiary/aromatic N) is 3. The first-order valence-corrected chi connectivity index (χ1v) is 10.4. The molecule has 0 bridgehead atoms. The predicted octanol–water partition coefficient (Wildman–Crippen LogP) is 5.06. The first kappa shape index (κ1) is 18.6. The van der Waals surface area contributed by atoms with Crippen LogP contribution in [0, 0.1) is 0 Å². The predicted molar refractivity (Wildman–Crippen MR) is 120 cm³/mol. The Morgan fingerprint density at radius 2 is 1.93 bits per heavy atom. The molecule has 2 aromatic carbocycles. The van der Waals surface area contributed by atoms with Crippen LogP contribution in [0.3, 0.4) is 0 Å². The molecule has 2 heterocycles. The number of aryl methyl sites for hydroxylation is 1. The summed E-state index contributed by atoms with van der Waals surface area (Å²) in [7, 11) is 1.72. The maximum Gasteiger partial charge on any atom is 0.163 e. The SMILES string of the molecule is COc1ccc2c(c1)CC(Nc1nc(-c3cccnc3)nc3ccccc13)CCC2. The van der Waals surface area contributed by atoms with Crippen molar-refractivity contribution in [1.82, 2.24) is 15.0 Å². The topological polar surface area (TPSA) is 59.9 Å².